The molecule has 1 rings (SSSR count). The molecule has 0 radical (unpaired) electrons. The fourth-order valence-electron chi connectivity index (χ4n) is 1.63. The summed E-state index contributed by atoms with van der Waals surface area (Å²) in [5, 5.41) is 2.86. The summed E-state index contributed by atoms with van der Waals surface area (Å²) >= 11 is 5.62. The van der Waals surface area contributed by atoms with E-state index in [4.69, 9.17) is 16.0 Å². The van der Waals surface area contributed by atoms with Crippen molar-refractivity contribution in [1.29, 1.82) is 0 Å². The summed E-state index contributed by atoms with van der Waals surface area (Å²) in [5.41, 5.74) is 0. The van der Waals surface area contributed by atoms with Gasteiger partial charge in [0, 0.05) is 12.6 Å². The molecule has 0 spiro atoms. The first-order valence-electron chi connectivity index (χ1n) is 6.21. The highest BCUT2D eigenvalue weighted by Gasteiger charge is 2.13. The molecule has 5 heteroatoms. The van der Waals surface area contributed by atoms with Crippen LogP contribution in [0, 0.1) is 0 Å². The van der Waals surface area contributed by atoms with E-state index in [2.05, 4.69) is 31.1 Å². The molecule has 1 N–H and O–H groups in total. The second kappa shape index (κ2) is 7.44. The van der Waals surface area contributed by atoms with Crippen LogP contribution < -0.4 is 5.32 Å². The SMILES string of the molecule is CCCN(C)C(C)CNC(=O)c1ccc(CCl)o1. The topological polar surface area (TPSA) is 45.5 Å². The Balaban J connectivity index is 2.41. The van der Waals surface area contributed by atoms with Crippen LogP contribution in [-0.4, -0.2) is 37.0 Å². The highest BCUT2D eigenvalue weighted by Crippen LogP contribution is 2.10. The molecule has 1 aromatic heterocycles. The molecular formula is C13H21ClN2O2. The zero-order valence-corrected chi connectivity index (χ0v) is 12.0. The number of hydrogen-bond donors (Lipinski definition) is 1. The van der Waals surface area contributed by atoms with E-state index >= 15 is 0 Å². The number of nitrogens with one attached hydrogen (secondary N) is 1. The molecule has 1 heterocycles. The second-order valence-electron chi connectivity index (χ2n) is 4.44. The van der Waals surface area contributed by atoms with Crippen LogP contribution in [0.15, 0.2) is 16.5 Å². The quantitative estimate of drug-likeness (QED) is 0.776. The van der Waals surface area contributed by atoms with Crippen LogP contribution >= 0.6 is 11.6 Å². The summed E-state index contributed by atoms with van der Waals surface area (Å²) < 4.78 is 5.28. The Kier molecular flexibility index (Phi) is 6.22. The monoisotopic (exact) mass is 272 g/mol. The molecule has 0 aromatic carbocycles. The minimum atomic E-state index is -0.192. The molecule has 1 aromatic rings. The number of carbonyl (C=O) groups excluding carboxylic acids is 1. The van der Waals surface area contributed by atoms with Crippen molar-refractivity contribution in [3.63, 3.8) is 0 Å². The molecule has 0 saturated heterocycles. The van der Waals surface area contributed by atoms with Crippen LogP contribution in [0.1, 0.15) is 36.6 Å². The van der Waals surface area contributed by atoms with Gasteiger partial charge in [0.1, 0.15) is 5.76 Å². The lowest BCUT2D eigenvalue weighted by Gasteiger charge is -2.24. The maximum absolute atomic E-state index is 11.8. The van der Waals surface area contributed by atoms with Crippen molar-refractivity contribution in [2.45, 2.75) is 32.2 Å². The van der Waals surface area contributed by atoms with Crippen LogP contribution in [0.5, 0.6) is 0 Å². The maximum atomic E-state index is 11.8. The van der Waals surface area contributed by atoms with Gasteiger partial charge in [-0.05, 0) is 39.1 Å². The predicted octanol–water partition coefficient (Wildman–Crippen LogP) is 2.48. The van der Waals surface area contributed by atoms with Gasteiger partial charge in [0.15, 0.2) is 5.76 Å². The standard InChI is InChI=1S/C13H21ClN2O2/c1-4-7-16(3)10(2)9-15-13(17)12-6-5-11(8-14)18-12/h5-6,10H,4,7-9H2,1-3H3,(H,15,17). The van der Waals surface area contributed by atoms with Crippen molar-refractivity contribution in [1.82, 2.24) is 10.2 Å². The van der Waals surface area contributed by atoms with Gasteiger partial charge in [-0.1, -0.05) is 6.92 Å². The molecule has 102 valence electrons. The highest BCUT2D eigenvalue weighted by atomic mass is 35.5. The number of carbonyl (C=O) groups is 1. The molecular weight excluding hydrogens is 252 g/mol. The number of alkyl halides is 1. The first-order chi connectivity index (χ1) is 8.58. The highest BCUT2D eigenvalue weighted by molar-refractivity contribution is 6.16. The molecule has 0 aliphatic heterocycles. The van der Waals surface area contributed by atoms with E-state index in [1.165, 1.54) is 0 Å². The van der Waals surface area contributed by atoms with Gasteiger partial charge in [-0.3, -0.25) is 4.79 Å². The number of nitrogens with zero attached hydrogens (tertiary/aromatic N) is 1. The summed E-state index contributed by atoms with van der Waals surface area (Å²) in [6.45, 7) is 5.85. The van der Waals surface area contributed by atoms with Gasteiger partial charge in [0.2, 0.25) is 0 Å². The Hall–Kier alpha value is -1.00. The van der Waals surface area contributed by atoms with E-state index in [1.54, 1.807) is 12.1 Å². The van der Waals surface area contributed by atoms with Gasteiger partial charge in [-0.15, -0.1) is 11.6 Å². The third-order valence-electron chi connectivity index (χ3n) is 2.90. The van der Waals surface area contributed by atoms with Gasteiger partial charge in [-0.2, -0.15) is 0 Å². The van der Waals surface area contributed by atoms with Crippen molar-refractivity contribution in [2.24, 2.45) is 0 Å². The number of likely N-dealkylation sites (N-methyl/N-ethyl adjacent to an activating group) is 1. The molecule has 1 amide bonds. The minimum absolute atomic E-state index is 0.192. The summed E-state index contributed by atoms with van der Waals surface area (Å²) in [4.78, 5) is 14.0. The summed E-state index contributed by atoms with van der Waals surface area (Å²) in [6, 6.07) is 3.67. The molecule has 18 heavy (non-hydrogen) atoms. The lowest BCUT2D eigenvalue weighted by atomic mass is 10.2. The molecule has 1 atom stereocenters. The van der Waals surface area contributed by atoms with Crippen molar-refractivity contribution in [3.05, 3.63) is 23.7 Å². The Morgan fingerprint density at radius 2 is 2.28 bits per heavy atom. The van der Waals surface area contributed by atoms with Gasteiger partial charge < -0.3 is 14.6 Å². The van der Waals surface area contributed by atoms with Gasteiger partial charge in [0.05, 0.1) is 5.88 Å². The Labute approximate surface area is 113 Å². The molecule has 0 bridgehead atoms. The molecule has 0 saturated carbocycles. The lowest BCUT2D eigenvalue weighted by Crippen LogP contribution is -2.40. The average molecular weight is 273 g/mol. The molecule has 0 aliphatic rings. The number of hydrogen-bond acceptors (Lipinski definition) is 3. The smallest absolute Gasteiger partial charge is 0.287 e. The summed E-state index contributed by atoms with van der Waals surface area (Å²) in [7, 11) is 2.05. The summed E-state index contributed by atoms with van der Waals surface area (Å²) in [5.74, 6) is 1.01. The molecule has 0 aliphatic carbocycles. The van der Waals surface area contributed by atoms with Crippen molar-refractivity contribution >= 4 is 17.5 Å². The normalized spacial score (nSPS) is 12.7. The molecule has 1 unspecified atom stereocenters. The number of halogens is 1. The fourth-order valence-corrected chi connectivity index (χ4v) is 1.77. The second-order valence-corrected chi connectivity index (χ2v) is 4.71. The molecule has 4 nitrogen and oxygen atoms in total. The van der Waals surface area contributed by atoms with Crippen molar-refractivity contribution in [2.75, 3.05) is 20.1 Å². The minimum Gasteiger partial charge on any atom is -0.455 e. The van der Waals surface area contributed by atoms with E-state index in [0.29, 0.717) is 24.1 Å². The zero-order chi connectivity index (χ0) is 13.5. The first kappa shape index (κ1) is 15.1. The third kappa shape index (κ3) is 4.35. The van der Waals surface area contributed by atoms with E-state index < -0.39 is 0 Å². The number of amides is 1. The van der Waals surface area contributed by atoms with Crippen molar-refractivity contribution < 1.29 is 9.21 Å². The van der Waals surface area contributed by atoms with Crippen LogP contribution in [0.4, 0.5) is 0 Å². The van der Waals surface area contributed by atoms with Gasteiger partial charge in [0.25, 0.3) is 5.91 Å². The van der Waals surface area contributed by atoms with E-state index in [-0.39, 0.29) is 11.8 Å². The van der Waals surface area contributed by atoms with E-state index in [9.17, 15) is 4.79 Å². The largest absolute Gasteiger partial charge is 0.455 e. The van der Waals surface area contributed by atoms with Crippen LogP contribution in [0.3, 0.4) is 0 Å². The third-order valence-corrected chi connectivity index (χ3v) is 3.17. The van der Waals surface area contributed by atoms with Gasteiger partial charge in [-0.25, -0.2) is 0 Å². The van der Waals surface area contributed by atoms with Gasteiger partial charge >= 0.3 is 0 Å². The lowest BCUT2D eigenvalue weighted by molar-refractivity contribution is 0.0911. The Morgan fingerprint density at radius 1 is 1.56 bits per heavy atom. The predicted molar refractivity (Wildman–Crippen MR) is 73.0 cm³/mol. The zero-order valence-electron chi connectivity index (χ0n) is 11.2. The van der Waals surface area contributed by atoms with E-state index in [0.717, 1.165) is 13.0 Å². The Morgan fingerprint density at radius 3 is 2.83 bits per heavy atom. The van der Waals surface area contributed by atoms with E-state index in [1.807, 2.05) is 0 Å². The van der Waals surface area contributed by atoms with Crippen molar-refractivity contribution in [3.8, 4) is 0 Å². The summed E-state index contributed by atoms with van der Waals surface area (Å²) in [6.07, 6.45) is 1.10. The first-order valence-corrected chi connectivity index (χ1v) is 6.75. The Bertz CT molecular complexity index is 379. The maximum Gasteiger partial charge on any atom is 0.287 e. The number of rotatable bonds is 7. The van der Waals surface area contributed by atoms with Crippen LogP contribution in [-0.2, 0) is 5.88 Å². The average Bonchev–Trinajstić information content (AvgIpc) is 2.84. The van der Waals surface area contributed by atoms with Crippen LogP contribution in [0.25, 0.3) is 0 Å². The number of furan rings is 1. The van der Waals surface area contributed by atoms with Crippen LogP contribution in [0.2, 0.25) is 0 Å². The fraction of sp³-hybridized carbons (Fsp3) is 0.615. The molecule has 0 fully saturated rings.